The Labute approximate surface area is 110 Å². The van der Waals surface area contributed by atoms with E-state index in [2.05, 4.69) is 31.3 Å². The number of rotatable bonds is 6. The maximum Gasteiger partial charge on any atom is 0.0441 e. The SMILES string of the molecule is CCC(C)C(CNC1CC1)c1ccccc1Cl. The second-order valence-corrected chi connectivity index (χ2v) is 5.60. The summed E-state index contributed by atoms with van der Waals surface area (Å²) >= 11 is 6.32. The van der Waals surface area contributed by atoms with Crippen LogP contribution < -0.4 is 5.32 Å². The zero-order chi connectivity index (χ0) is 12.3. The van der Waals surface area contributed by atoms with Crippen molar-refractivity contribution in [2.45, 2.75) is 45.1 Å². The topological polar surface area (TPSA) is 12.0 Å². The third-order valence-electron chi connectivity index (χ3n) is 3.84. The smallest absolute Gasteiger partial charge is 0.0441 e. The third kappa shape index (κ3) is 3.46. The molecule has 1 saturated carbocycles. The summed E-state index contributed by atoms with van der Waals surface area (Å²) in [7, 11) is 0. The molecule has 0 saturated heterocycles. The third-order valence-corrected chi connectivity index (χ3v) is 4.18. The molecule has 1 aromatic carbocycles. The van der Waals surface area contributed by atoms with Crippen molar-refractivity contribution < 1.29 is 0 Å². The highest BCUT2D eigenvalue weighted by Crippen LogP contribution is 2.32. The first-order chi connectivity index (χ1) is 8.22. The average molecular weight is 252 g/mol. The largest absolute Gasteiger partial charge is 0.313 e. The minimum Gasteiger partial charge on any atom is -0.313 e. The summed E-state index contributed by atoms with van der Waals surface area (Å²) in [5, 5.41) is 4.55. The van der Waals surface area contributed by atoms with Crippen molar-refractivity contribution in [2.24, 2.45) is 5.92 Å². The second kappa shape index (κ2) is 5.88. The van der Waals surface area contributed by atoms with Gasteiger partial charge in [-0.1, -0.05) is 50.1 Å². The van der Waals surface area contributed by atoms with Gasteiger partial charge in [0.05, 0.1) is 0 Å². The van der Waals surface area contributed by atoms with Crippen LogP contribution in [0.4, 0.5) is 0 Å². The summed E-state index contributed by atoms with van der Waals surface area (Å²) in [6.07, 6.45) is 3.88. The van der Waals surface area contributed by atoms with Crippen LogP contribution in [0.5, 0.6) is 0 Å². The fourth-order valence-electron chi connectivity index (χ4n) is 2.26. The molecule has 2 heteroatoms. The van der Waals surface area contributed by atoms with Crippen molar-refractivity contribution in [2.75, 3.05) is 6.54 Å². The maximum atomic E-state index is 6.32. The van der Waals surface area contributed by atoms with Gasteiger partial charge in [-0.15, -0.1) is 0 Å². The van der Waals surface area contributed by atoms with Crippen LogP contribution >= 0.6 is 11.6 Å². The number of halogens is 1. The van der Waals surface area contributed by atoms with Crippen molar-refractivity contribution in [3.05, 3.63) is 34.9 Å². The van der Waals surface area contributed by atoms with E-state index >= 15 is 0 Å². The van der Waals surface area contributed by atoms with E-state index < -0.39 is 0 Å². The van der Waals surface area contributed by atoms with E-state index in [0.717, 1.165) is 17.6 Å². The molecule has 0 bridgehead atoms. The molecule has 1 aliphatic rings. The Morgan fingerprint density at radius 2 is 2.06 bits per heavy atom. The molecule has 0 radical (unpaired) electrons. The molecule has 0 aliphatic heterocycles. The van der Waals surface area contributed by atoms with Gasteiger partial charge in [-0.05, 0) is 30.4 Å². The van der Waals surface area contributed by atoms with Gasteiger partial charge in [0, 0.05) is 23.5 Å². The predicted molar refractivity (Wildman–Crippen MR) is 74.7 cm³/mol. The molecule has 17 heavy (non-hydrogen) atoms. The van der Waals surface area contributed by atoms with Crippen LogP contribution in [0.15, 0.2) is 24.3 Å². The number of benzene rings is 1. The van der Waals surface area contributed by atoms with Gasteiger partial charge in [0.2, 0.25) is 0 Å². The van der Waals surface area contributed by atoms with E-state index in [1.165, 1.54) is 24.8 Å². The standard InChI is InChI=1S/C15H22ClN/c1-3-11(2)14(10-17-12-8-9-12)13-6-4-5-7-15(13)16/h4-7,11-12,14,17H,3,8-10H2,1-2H3. The lowest BCUT2D eigenvalue weighted by Gasteiger charge is -2.25. The van der Waals surface area contributed by atoms with Crippen LogP contribution in [0.1, 0.15) is 44.6 Å². The van der Waals surface area contributed by atoms with E-state index in [1.807, 2.05) is 12.1 Å². The van der Waals surface area contributed by atoms with Gasteiger partial charge in [0.15, 0.2) is 0 Å². The van der Waals surface area contributed by atoms with Crippen LogP contribution in [0, 0.1) is 5.92 Å². The minimum absolute atomic E-state index is 0.536. The van der Waals surface area contributed by atoms with Crippen molar-refractivity contribution in [1.82, 2.24) is 5.32 Å². The van der Waals surface area contributed by atoms with Crippen LogP contribution in [0.3, 0.4) is 0 Å². The summed E-state index contributed by atoms with van der Waals surface area (Å²) < 4.78 is 0. The Kier molecular flexibility index (Phi) is 4.47. The molecule has 2 rings (SSSR count). The van der Waals surface area contributed by atoms with Crippen molar-refractivity contribution in [3.8, 4) is 0 Å². The molecule has 2 unspecified atom stereocenters. The Balaban J connectivity index is 2.10. The number of hydrogen-bond acceptors (Lipinski definition) is 1. The van der Waals surface area contributed by atoms with E-state index in [9.17, 15) is 0 Å². The van der Waals surface area contributed by atoms with E-state index in [-0.39, 0.29) is 0 Å². The zero-order valence-corrected chi connectivity index (χ0v) is 11.5. The van der Waals surface area contributed by atoms with Gasteiger partial charge in [-0.3, -0.25) is 0 Å². The van der Waals surface area contributed by atoms with Gasteiger partial charge in [-0.2, -0.15) is 0 Å². The van der Waals surface area contributed by atoms with Gasteiger partial charge >= 0.3 is 0 Å². The molecule has 0 heterocycles. The maximum absolute atomic E-state index is 6.32. The normalized spacial score (nSPS) is 19.0. The summed E-state index contributed by atoms with van der Waals surface area (Å²) in [6.45, 7) is 5.64. The molecule has 1 aromatic rings. The first kappa shape index (κ1) is 12.9. The van der Waals surface area contributed by atoms with Crippen LogP contribution in [0.2, 0.25) is 5.02 Å². The first-order valence-corrected chi connectivity index (χ1v) is 7.08. The second-order valence-electron chi connectivity index (χ2n) is 5.20. The molecular formula is C15H22ClN. The summed E-state index contributed by atoms with van der Waals surface area (Å²) in [5.74, 6) is 1.20. The minimum atomic E-state index is 0.536. The van der Waals surface area contributed by atoms with E-state index in [1.54, 1.807) is 0 Å². The lowest BCUT2D eigenvalue weighted by Crippen LogP contribution is -2.27. The van der Waals surface area contributed by atoms with Gasteiger partial charge < -0.3 is 5.32 Å². The molecule has 1 fully saturated rings. The predicted octanol–water partition coefficient (Wildman–Crippen LogP) is 4.22. The van der Waals surface area contributed by atoms with Gasteiger partial charge in [0.1, 0.15) is 0 Å². The Bertz CT molecular complexity index is 360. The van der Waals surface area contributed by atoms with Crippen molar-refractivity contribution >= 4 is 11.6 Å². The Morgan fingerprint density at radius 1 is 1.35 bits per heavy atom. The Morgan fingerprint density at radius 3 is 2.65 bits per heavy atom. The van der Waals surface area contributed by atoms with Crippen LogP contribution in [0.25, 0.3) is 0 Å². The van der Waals surface area contributed by atoms with Crippen molar-refractivity contribution in [3.63, 3.8) is 0 Å². The zero-order valence-electron chi connectivity index (χ0n) is 10.7. The summed E-state index contributed by atoms with van der Waals surface area (Å²) in [4.78, 5) is 0. The van der Waals surface area contributed by atoms with E-state index in [4.69, 9.17) is 11.6 Å². The highest BCUT2D eigenvalue weighted by atomic mass is 35.5. The summed E-state index contributed by atoms with van der Waals surface area (Å²) in [5.41, 5.74) is 1.30. The monoisotopic (exact) mass is 251 g/mol. The lowest BCUT2D eigenvalue weighted by molar-refractivity contribution is 0.420. The molecule has 1 nitrogen and oxygen atoms in total. The molecule has 0 spiro atoms. The number of nitrogens with one attached hydrogen (secondary N) is 1. The number of hydrogen-bond donors (Lipinski definition) is 1. The molecule has 0 aromatic heterocycles. The molecular weight excluding hydrogens is 230 g/mol. The molecule has 0 amide bonds. The van der Waals surface area contributed by atoms with Crippen LogP contribution in [-0.2, 0) is 0 Å². The lowest BCUT2D eigenvalue weighted by atomic mass is 9.85. The summed E-state index contributed by atoms with van der Waals surface area (Å²) in [6, 6.07) is 9.04. The highest BCUT2D eigenvalue weighted by molar-refractivity contribution is 6.31. The Hall–Kier alpha value is -0.530. The van der Waals surface area contributed by atoms with Crippen molar-refractivity contribution in [1.29, 1.82) is 0 Å². The average Bonchev–Trinajstić information content (AvgIpc) is 3.15. The van der Waals surface area contributed by atoms with Gasteiger partial charge in [-0.25, -0.2) is 0 Å². The van der Waals surface area contributed by atoms with E-state index in [0.29, 0.717) is 11.8 Å². The first-order valence-electron chi connectivity index (χ1n) is 6.70. The molecule has 2 atom stereocenters. The van der Waals surface area contributed by atoms with Crippen LogP contribution in [-0.4, -0.2) is 12.6 Å². The quantitative estimate of drug-likeness (QED) is 0.798. The highest BCUT2D eigenvalue weighted by Gasteiger charge is 2.25. The fourth-order valence-corrected chi connectivity index (χ4v) is 2.53. The molecule has 94 valence electrons. The molecule has 1 aliphatic carbocycles. The van der Waals surface area contributed by atoms with Gasteiger partial charge in [0.25, 0.3) is 0 Å². The molecule has 1 N–H and O–H groups in total. The fraction of sp³-hybridized carbons (Fsp3) is 0.600.